The van der Waals surface area contributed by atoms with Gasteiger partial charge >= 0.3 is 0 Å². The Bertz CT molecular complexity index is 1110. The molecule has 3 aromatic rings. The summed E-state index contributed by atoms with van der Waals surface area (Å²) in [6, 6.07) is 17.4. The van der Waals surface area contributed by atoms with Gasteiger partial charge in [0, 0.05) is 38.7 Å². The Kier molecular flexibility index (Phi) is 5.75. The first-order valence-corrected chi connectivity index (χ1v) is 10.3. The van der Waals surface area contributed by atoms with E-state index >= 15 is 0 Å². The van der Waals surface area contributed by atoms with Crippen LogP contribution in [0.1, 0.15) is 23.0 Å². The SMILES string of the molecule is COc1cccc(-c2cc(C(=O)N3CCN(C(C)=O)CC3)n(-c3cccc(C)c3)n2)c1. The highest BCUT2D eigenvalue weighted by Gasteiger charge is 2.27. The van der Waals surface area contributed by atoms with Crippen molar-refractivity contribution in [2.75, 3.05) is 33.3 Å². The minimum atomic E-state index is -0.0913. The number of amides is 2. The predicted molar refractivity (Wildman–Crippen MR) is 118 cm³/mol. The average Bonchev–Trinajstić information content (AvgIpc) is 3.24. The number of carbonyl (C=O) groups excluding carboxylic acids is 2. The van der Waals surface area contributed by atoms with Gasteiger partial charge in [0.15, 0.2) is 0 Å². The summed E-state index contributed by atoms with van der Waals surface area (Å²) in [7, 11) is 1.63. The van der Waals surface area contributed by atoms with Crippen LogP contribution in [0.25, 0.3) is 16.9 Å². The number of carbonyl (C=O) groups is 2. The molecule has 160 valence electrons. The van der Waals surface area contributed by atoms with Crippen LogP contribution < -0.4 is 4.74 Å². The summed E-state index contributed by atoms with van der Waals surface area (Å²) >= 11 is 0. The Labute approximate surface area is 181 Å². The molecule has 2 heterocycles. The highest BCUT2D eigenvalue weighted by atomic mass is 16.5. The molecule has 1 aromatic heterocycles. The van der Waals surface area contributed by atoms with Crippen molar-refractivity contribution in [3.8, 4) is 22.7 Å². The lowest BCUT2D eigenvalue weighted by Gasteiger charge is -2.34. The Balaban J connectivity index is 1.72. The quantitative estimate of drug-likeness (QED) is 0.653. The highest BCUT2D eigenvalue weighted by Crippen LogP contribution is 2.26. The van der Waals surface area contributed by atoms with Crippen LogP contribution in [-0.4, -0.2) is 64.7 Å². The molecule has 4 rings (SSSR count). The van der Waals surface area contributed by atoms with E-state index in [1.165, 1.54) is 0 Å². The number of rotatable bonds is 4. The lowest BCUT2D eigenvalue weighted by Crippen LogP contribution is -2.50. The van der Waals surface area contributed by atoms with Crippen molar-refractivity contribution in [3.05, 3.63) is 65.9 Å². The standard InChI is InChI=1S/C24H26N4O3/c1-17-6-4-8-20(14-17)28-23(24(30)27-12-10-26(11-13-27)18(2)29)16-22(25-28)19-7-5-9-21(15-19)31-3/h4-9,14-16H,10-13H2,1-3H3. The minimum absolute atomic E-state index is 0.0391. The van der Waals surface area contributed by atoms with Crippen molar-refractivity contribution in [2.24, 2.45) is 0 Å². The van der Waals surface area contributed by atoms with Crippen molar-refractivity contribution < 1.29 is 14.3 Å². The van der Waals surface area contributed by atoms with E-state index < -0.39 is 0 Å². The molecular weight excluding hydrogens is 392 g/mol. The summed E-state index contributed by atoms with van der Waals surface area (Å²) in [6.45, 7) is 5.67. The second kappa shape index (κ2) is 8.63. The third-order valence-electron chi connectivity index (χ3n) is 5.55. The average molecular weight is 418 g/mol. The predicted octanol–water partition coefficient (Wildman–Crippen LogP) is 3.16. The minimum Gasteiger partial charge on any atom is -0.497 e. The van der Waals surface area contributed by atoms with Gasteiger partial charge in [0.2, 0.25) is 5.91 Å². The van der Waals surface area contributed by atoms with Crippen molar-refractivity contribution in [2.45, 2.75) is 13.8 Å². The van der Waals surface area contributed by atoms with E-state index in [0.717, 1.165) is 22.6 Å². The highest BCUT2D eigenvalue weighted by molar-refractivity contribution is 5.94. The number of ether oxygens (including phenoxy) is 1. The first kappa shape index (κ1) is 20.7. The van der Waals surface area contributed by atoms with Gasteiger partial charge in [-0.25, -0.2) is 4.68 Å². The first-order valence-electron chi connectivity index (χ1n) is 10.3. The summed E-state index contributed by atoms with van der Waals surface area (Å²) in [5, 5.41) is 4.78. The maximum atomic E-state index is 13.5. The Hall–Kier alpha value is -3.61. The topological polar surface area (TPSA) is 67.7 Å². The lowest BCUT2D eigenvalue weighted by molar-refractivity contribution is -0.130. The fourth-order valence-electron chi connectivity index (χ4n) is 3.80. The summed E-state index contributed by atoms with van der Waals surface area (Å²) in [6.07, 6.45) is 0. The van der Waals surface area contributed by atoms with Gasteiger partial charge < -0.3 is 14.5 Å². The van der Waals surface area contributed by atoms with E-state index in [1.54, 1.807) is 28.5 Å². The van der Waals surface area contributed by atoms with Gasteiger partial charge in [0.1, 0.15) is 11.4 Å². The van der Waals surface area contributed by atoms with Crippen molar-refractivity contribution >= 4 is 11.8 Å². The summed E-state index contributed by atoms with van der Waals surface area (Å²) < 4.78 is 7.05. The van der Waals surface area contributed by atoms with Crippen LogP contribution in [0.2, 0.25) is 0 Å². The van der Waals surface area contributed by atoms with Gasteiger partial charge in [-0.05, 0) is 42.8 Å². The molecule has 0 radical (unpaired) electrons. The molecule has 1 aliphatic heterocycles. The third-order valence-corrected chi connectivity index (χ3v) is 5.55. The number of hydrogen-bond acceptors (Lipinski definition) is 4. The van der Waals surface area contributed by atoms with Gasteiger partial charge in [0.05, 0.1) is 18.5 Å². The lowest BCUT2D eigenvalue weighted by atomic mass is 10.1. The van der Waals surface area contributed by atoms with Gasteiger partial charge in [-0.3, -0.25) is 9.59 Å². The van der Waals surface area contributed by atoms with Gasteiger partial charge in [-0.15, -0.1) is 0 Å². The number of aryl methyl sites for hydroxylation is 1. The monoisotopic (exact) mass is 418 g/mol. The van der Waals surface area contributed by atoms with Crippen molar-refractivity contribution in [1.82, 2.24) is 19.6 Å². The molecule has 1 fully saturated rings. The van der Waals surface area contributed by atoms with Crippen LogP contribution in [0.15, 0.2) is 54.6 Å². The Morgan fingerprint density at radius 2 is 1.65 bits per heavy atom. The second-order valence-electron chi connectivity index (χ2n) is 7.70. The molecule has 0 N–H and O–H groups in total. The molecule has 0 spiro atoms. The van der Waals surface area contributed by atoms with Crippen LogP contribution in [-0.2, 0) is 4.79 Å². The molecule has 1 aliphatic rings. The number of hydrogen-bond donors (Lipinski definition) is 0. The van der Waals surface area contributed by atoms with Crippen molar-refractivity contribution in [1.29, 1.82) is 0 Å². The van der Waals surface area contributed by atoms with Crippen LogP contribution >= 0.6 is 0 Å². The van der Waals surface area contributed by atoms with E-state index in [-0.39, 0.29) is 11.8 Å². The molecule has 0 aliphatic carbocycles. The number of methoxy groups -OCH3 is 1. The van der Waals surface area contributed by atoms with Crippen LogP contribution in [0.4, 0.5) is 0 Å². The van der Waals surface area contributed by atoms with E-state index in [4.69, 9.17) is 9.84 Å². The van der Waals surface area contributed by atoms with Gasteiger partial charge in [0.25, 0.3) is 5.91 Å². The van der Waals surface area contributed by atoms with E-state index in [0.29, 0.717) is 37.6 Å². The molecule has 2 aromatic carbocycles. The number of nitrogens with zero attached hydrogens (tertiary/aromatic N) is 4. The third kappa shape index (κ3) is 4.30. The van der Waals surface area contributed by atoms with Crippen molar-refractivity contribution in [3.63, 3.8) is 0 Å². The molecule has 0 saturated carbocycles. The number of benzene rings is 2. The molecular formula is C24H26N4O3. The smallest absolute Gasteiger partial charge is 0.272 e. The summed E-state index contributed by atoms with van der Waals surface area (Å²) in [5.74, 6) is 0.680. The second-order valence-corrected chi connectivity index (χ2v) is 7.70. The molecule has 7 heteroatoms. The molecule has 31 heavy (non-hydrogen) atoms. The molecule has 1 saturated heterocycles. The van der Waals surface area contributed by atoms with Crippen LogP contribution in [0.5, 0.6) is 5.75 Å². The van der Waals surface area contributed by atoms with E-state index in [9.17, 15) is 9.59 Å². The molecule has 2 amide bonds. The number of piperazine rings is 1. The molecule has 0 atom stereocenters. The fraction of sp³-hybridized carbons (Fsp3) is 0.292. The van der Waals surface area contributed by atoms with E-state index in [2.05, 4.69) is 0 Å². The van der Waals surface area contributed by atoms with E-state index in [1.807, 2.05) is 61.5 Å². The molecule has 7 nitrogen and oxygen atoms in total. The first-order chi connectivity index (χ1) is 15.0. The largest absolute Gasteiger partial charge is 0.497 e. The van der Waals surface area contributed by atoms with Crippen LogP contribution in [0, 0.1) is 6.92 Å². The molecule has 0 unspecified atom stereocenters. The van der Waals surface area contributed by atoms with Gasteiger partial charge in [-0.1, -0.05) is 24.3 Å². The molecule has 0 bridgehead atoms. The van der Waals surface area contributed by atoms with Crippen LogP contribution in [0.3, 0.4) is 0 Å². The number of aromatic nitrogens is 2. The summed E-state index contributed by atoms with van der Waals surface area (Å²) in [5.41, 5.74) is 4.00. The maximum absolute atomic E-state index is 13.5. The van der Waals surface area contributed by atoms with Gasteiger partial charge in [-0.2, -0.15) is 5.10 Å². The summed E-state index contributed by atoms with van der Waals surface area (Å²) in [4.78, 5) is 28.6. The maximum Gasteiger partial charge on any atom is 0.272 e. The zero-order valence-electron chi connectivity index (χ0n) is 18.0. The normalized spacial score (nSPS) is 13.9. The zero-order valence-corrected chi connectivity index (χ0v) is 18.0. The zero-order chi connectivity index (χ0) is 22.0. The Morgan fingerprint density at radius 1 is 0.935 bits per heavy atom. The fourth-order valence-corrected chi connectivity index (χ4v) is 3.80. The Morgan fingerprint density at radius 3 is 2.32 bits per heavy atom.